The molecule has 0 spiro atoms. The highest BCUT2D eigenvalue weighted by molar-refractivity contribution is 5.98. The van der Waals surface area contributed by atoms with Gasteiger partial charge in [-0.1, -0.05) is 25.1 Å². The third kappa shape index (κ3) is 3.58. The van der Waals surface area contributed by atoms with E-state index in [0.29, 0.717) is 6.54 Å². The Morgan fingerprint density at radius 3 is 2.32 bits per heavy atom. The Morgan fingerprint density at radius 1 is 1.21 bits per heavy atom. The Balaban J connectivity index is 3.32. The van der Waals surface area contributed by atoms with Crippen LogP contribution in [0, 0.1) is 0 Å². The number of likely N-dealkylation sites (N-methyl/N-ethyl adjacent to an activating group) is 1. The topological polar surface area (TPSA) is 77.8 Å². The van der Waals surface area contributed by atoms with E-state index in [4.69, 9.17) is 5.11 Å². The molecule has 0 saturated heterocycles. The van der Waals surface area contributed by atoms with Crippen molar-refractivity contribution in [1.29, 1.82) is 0 Å². The quantitative estimate of drug-likeness (QED) is 0.769. The number of aryl methyl sites for hydroxylation is 1. The number of anilines is 1. The van der Waals surface area contributed by atoms with Crippen molar-refractivity contribution in [3.63, 3.8) is 0 Å². The second kappa shape index (κ2) is 6.58. The minimum absolute atomic E-state index is 0.240. The maximum absolute atomic E-state index is 11.2. The molecule has 19 heavy (non-hydrogen) atoms. The molecule has 1 rings (SSSR count). The molecule has 0 fully saturated rings. The van der Waals surface area contributed by atoms with Crippen molar-refractivity contribution < 1.29 is 19.8 Å². The smallest absolute Gasteiger partial charge is 0.352 e. The highest BCUT2D eigenvalue weighted by Gasteiger charge is 2.20. The zero-order valence-electron chi connectivity index (χ0n) is 11.0. The summed E-state index contributed by atoms with van der Waals surface area (Å²) in [5.74, 6) is -2.53. The van der Waals surface area contributed by atoms with Gasteiger partial charge in [-0.3, -0.25) is 0 Å². The number of para-hydroxylation sites is 1. The Bertz CT molecular complexity index is 508. The van der Waals surface area contributed by atoms with Crippen molar-refractivity contribution in [2.45, 2.75) is 20.3 Å². The molecule has 0 saturated carbocycles. The summed E-state index contributed by atoms with van der Waals surface area (Å²) >= 11 is 0. The van der Waals surface area contributed by atoms with Crippen LogP contribution in [0.3, 0.4) is 0 Å². The molecule has 5 nitrogen and oxygen atoms in total. The van der Waals surface area contributed by atoms with E-state index in [0.717, 1.165) is 23.7 Å². The number of carbonyl (C=O) groups is 2. The molecule has 0 aromatic heterocycles. The minimum atomic E-state index is -1.27. The molecule has 0 aliphatic carbocycles. The summed E-state index contributed by atoms with van der Waals surface area (Å²) in [5.41, 5.74) is 1.46. The first-order chi connectivity index (χ1) is 9.01. The summed E-state index contributed by atoms with van der Waals surface area (Å²) < 4.78 is 0. The fourth-order valence-corrected chi connectivity index (χ4v) is 1.92. The lowest BCUT2D eigenvalue weighted by molar-refractivity contribution is -0.135. The van der Waals surface area contributed by atoms with Gasteiger partial charge in [0.1, 0.15) is 5.70 Å². The largest absolute Gasteiger partial charge is 0.478 e. The lowest BCUT2D eigenvalue weighted by Gasteiger charge is -2.25. The molecule has 102 valence electrons. The molecule has 0 aliphatic heterocycles. The molecular formula is C14H17NO4. The van der Waals surface area contributed by atoms with E-state index in [1.807, 2.05) is 19.1 Å². The van der Waals surface area contributed by atoms with E-state index >= 15 is 0 Å². The molecule has 0 heterocycles. The summed E-state index contributed by atoms with van der Waals surface area (Å²) in [6.45, 7) is 4.13. The van der Waals surface area contributed by atoms with Crippen LogP contribution in [0.4, 0.5) is 5.69 Å². The van der Waals surface area contributed by atoms with Gasteiger partial charge in [0.15, 0.2) is 0 Å². The summed E-state index contributed by atoms with van der Waals surface area (Å²) in [4.78, 5) is 23.5. The third-order valence-electron chi connectivity index (χ3n) is 2.75. The van der Waals surface area contributed by atoms with Crippen molar-refractivity contribution in [1.82, 2.24) is 0 Å². The highest BCUT2D eigenvalue weighted by Crippen LogP contribution is 2.24. The van der Waals surface area contributed by atoms with Crippen molar-refractivity contribution >= 4 is 17.6 Å². The molecule has 0 amide bonds. The number of aliphatic carboxylic acids is 2. The Hall–Kier alpha value is -2.30. The van der Waals surface area contributed by atoms with E-state index in [9.17, 15) is 14.7 Å². The fraction of sp³-hybridized carbons (Fsp3) is 0.286. The number of carboxylic acid groups (broad SMARTS) is 2. The maximum atomic E-state index is 11.2. The summed E-state index contributed by atoms with van der Waals surface area (Å²) in [6.07, 6.45) is 1.46. The van der Waals surface area contributed by atoms with Crippen LogP contribution in [0.25, 0.3) is 0 Å². The van der Waals surface area contributed by atoms with Crippen LogP contribution in [0.15, 0.2) is 36.0 Å². The van der Waals surface area contributed by atoms with Crippen LogP contribution in [-0.4, -0.2) is 28.7 Å². The first-order valence-corrected chi connectivity index (χ1v) is 6.04. The summed E-state index contributed by atoms with van der Waals surface area (Å²) in [5, 5.41) is 18.0. The predicted molar refractivity (Wildman–Crippen MR) is 72.2 cm³/mol. The van der Waals surface area contributed by atoms with Crippen molar-refractivity contribution in [2.75, 3.05) is 11.4 Å². The molecule has 0 atom stereocenters. The first-order valence-electron chi connectivity index (χ1n) is 6.04. The van der Waals surface area contributed by atoms with Gasteiger partial charge in [0.25, 0.3) is 0 Å². The van der Waals surface area contributed by atoms with Gasteiger partial charge >= 0.3 is 11.9 Å². The van der Waals surface area contributed by atoms with E-state index in [1.165, 1.54) is 4.90 Å². The Labute approximate surface area is 111 Å². The van der Waals surface area contributed by atoms with Crippen LogP contribution in [0.2, 0.25) is 0 Å². The van der Waals surface area contributed by atoms with Crippen molar-refractivity contribution in [3.8, 4) is 0 Å². The van der Waals surface area contributed by atoms with Gasteiger partial charge in [0.05, 0.1) is 6.08 Å². The SMILES string of the molecule is CCc1ccccc1N(CC)C(=CC(=O)O)C(=O)O. The number of nitrogens with zero attached hydrogens (tertiary/aromatic N) is 1. The van der Waals surface area contributed by atoms with Gasteiger partial charge in [-0.25, -0.2) is 9.59 Å². The van der Waals surface area contributed by atoms with E-state index < -0.39 is 11.9 Å². The lowest BCUT2D eigenvalue weighted by Crippen LogP contribution is -2.28. The molecule has 0 unspecified atom stereocenters. The number of benzene rings is 1. The normalized spacial score (nSPS) is 11.2. The van der Waals surface area contributed by atoms with Crippen LogP contribution in [0.5, 0.6) is 0 Å². The molecule has 1 aromatic carbocycles. The molecule has 1 aromatic rings. The van der Waals surface area contributed by atoms with Crippen LogP contribution < -0.4 is 4.90 Å². The predicted octanol–water partition coefficient (Wildman–Crippen LogP) is 2.13. The second-order valence-corrected chi connectivity index (χ2v) is 3.90. The van der Waals surface area contributed by atoms with Crippen molar-refractivity contribution in [3.05, 3.63) is 41.6 Å². The zero-order chi connectivity index (χ0) is 14.4. The monoisotopic (exact) mass is 263 g/mol. The van der Waals surface area contributed by atoms with E-state index in [2.05, 4.69) is 0 Å². The fourth-order valence-electron chi connectivity index (χ4n) is 1.92. The highest BCUT2D eigenvalue weighted by atomic mass is 16.4. The van der Waals surface area contributed by atoms with Crippen LogP contribution >= 0.6 is 0 Å². The minimum Gasteiger partial charge on any atom is -0.478 e. The average molecular weight is 263 g/mol. The summed E-state index contributed by atoms with van der Waals surface area (Å²) in [7, 11) is 0. The van der Waals surface area contributed by atoms with Crippen molar-refractivity contribution in [2.24, 2.45) is 0 Å². The van der Waals surface area contributed by atoms with Gasteiger partial charge in [0.2, 0.25) is 0 Å². The number of carboxylic acids is 2. The van der Waals surface area contributed by atoms with Gasteiger partial charge < -0.3 is 15.1 Å². The standard InChI is InChI=1S/C14H17NO4/c1-3-10-7-5-6-8-11(10)15(4-2)12(14(18)19)9-13(16)17/h5-9H,3-4H2,1-2H3,(H,16,17)(H,18,19). The zero-order valence-corrected chi connectivity index (χ0v) is 11.0. The number of rotatable bonds is 6. The summed E-state index contributed by atoms with van der Waals surface area (Å²) in [6, 6.07) is 7.37. The van der Waals surface area contributed by atoms with Gasteiger partial charge in [-0.05, 0) is 25.0 Å². The molecule has 0 aliphatic rings. The van der Waals surface area contributed by atoms with Gasteiger partial charge in [-0.2, -0.15) is 0 Å². The molecule has 2 N–H and O–H groups in total. The first kappa shape index (κ1) is 14.8. The molecule has 0 bridgehead atoms. The molecule has 5 heteroatoms. The molecular weight excluding hydrogens is 246 g/mol. The Morgan fingerprint density at radius 2 is 1.84 bits per heavy atom. The van der Waals surface area contributed by atoms with Gasteiger partial charge in [0, 0.05) is 12.2 Å². The number of hydrogen-bond acceptors (Lipinski definition) is 3. The van der Waals surface area contributed by atoms with Crippen LogP contribution in [-0.2, 0) is 16.0 Å². The maximum Gasteiger partial charge on any atom is 0.352 e. The van der Waals surface area contributed by atoms with Crippen LogP contribution in [0.1, 0.15) is 19.4 Å². The second-order valence-electron chi connectivity index (χ2n) is 3.90. The molecule has 0 radical (unpaired) electrons. The van der Waals surface area contributed by atoms with E-state index in [1.54, 1.807) is 19.1 Å². The van der Waals surface area contributed by atoms with Gasteiger partial charge in [-0.15, -0.1) is 0 Å². The third-order valence-corrected chi connectivity index (χ3v) is 2.75. The lowest BCUT2D eigenvalue weighted by atomic mass is 10.1. The number of hydrogen-bond donors (Lipinski definition) is 2. The average Bonchev–Trinajstić information content (AvgIpc) is 2.38. The van der Waals surface area contributed by atoms with E-state index in [-0.39, 0.29) is 5.70 Å². The Kier molecular flexibility index (Phi) is 5.11.